The third-order valence-electron chi connectivity index (χ3n) is 4.10. The Kier molecular flexibility index (Phi) is 6.18. The molecule has 0 aromatic rings. The molecular formula is C15H29NSiTi. The number of hydrogen-bond donors (Lipinski definition) is 0. The molecule has 0 heterocycles. The van der Waals surface area contributed by atoms with Gasteiger partial charge in [0, 0.05) is 38.9 Å². The van der Waals surface area contributed by atoms with Crippen LogP contribution >= 0.6 is 0 Å². The molecule has 1 atom stereocenters. The van der Waals surface area contributed by atoms with Crippen LogP contribution in [0.1, 0.15) is 48.5 Å². The number of rotatable bonds is 2. The van der Waals surface area contributed by atoms with E-state index in [1.165, 1.54) is 11.1 Å². The smallest absolute Gasteiger partial charge is 0.134 e. The van der Waals surface area contributed by atoms with E-state index in [2.05, 4.69) is 66.1 Å². The minimum absolute atomic E-state index is 0. The first-order chi connectivity index (χ1) is 7.59. The summed E-state index contributed by atoms with van der Waals surface area (Å²) in [7, 11) is -0.846. The van der Waals surface area contributed by atoms with Crippen molar-refractivity contribution in [1.29, 1.82) is 0 Å². The summed E-state index contributed by atoms with van der Waals surface area (Å²) in [5.74, 6) is 0.601. The van der Waals surface area contributed by atoms with Gasteiger partial charge in [0.05, 0.1) is 0 Å². The Bertz CT molecular complexity index is 374. The third-order valence-corrected chi connectivity index (χ3v) is 6.18. The van der Waals surface area contributed by atoms with E-state index in [4.69, 9.17) is 0 Å². The molecule has 1 nitrogen and oxygen atoms in total. The van der Waals surface area contributed by atoms with Crippen LogP contribution in [-0.4, -0.2) is 19.1 Å². The van der Waals surface area contributed by atoms with Crippen LogP contribution in [0.15, 0.2) is 22.4 Å². The van der Waals surface area contributed by atoms with Gasteiger partial charge in [0.25, 0.3) is 0 Å². The molecule has 0 amide bonds. The van der Waals surface area contributed by atoms with E-state index in [9.17, 15) is 0 Å². The van der Waals surface area contributed by atoms with Gasteiger partial charge in [0.1, 0.15) is 8.96 Å². The average molecular weight is 299 g/mol. The molecule has 1 unspecified atom stereocenters. The zero-order chi connectivity index (χ0) is 13.5. The second-order valence-electron chi connectivity index (χ2n) is 6.67. The first-order valence-electron chi connectivity index (χ1n) is 6.76. The second-order valence-corrected chi connectivity index (χ2v) is 9.38. The fourth-order valence-electron chi connectivity index (χ4n) is 3.15. The topological polar surface area (TPSA) is 3.24 Å². The number of allylic oxidation sites excluding steroid dienone is 3. The number of nitrogens with zero attached hydrogens (tertiary/aromatic N) is 1. The predicted molar refractivity (Wildman–Crippen MR) is 80.7 cm³/mol. The Labute approximate surface area is 130 Å². The Hall–Kier alpha value is 0.211. The zero-order valence-electron chi connectivity index (χ0n) is 13.6. The summed E-state index contributed by atoms with van der Waals surface area (Å²) in [5.41, 5.74) is 6.42. The third kappa shape index (κ3) is 3.20. The first kappa shape index (κ1) is 18.2. The molecule has 0 N–H and O–H groups in total. The van der Waals surface area contributed by atoms with Gasteiger partial charge in [0.2, 0.25) is 0 Å². The summed E-state index contributed by atoms with van der Waals surface area (Å²) >= 11 is 0. The zero-order valence-corrected chi connectivity index (χ0v) is 16.3. The molecule has 0 radical (unpaired) electrons. The van der Waals surface area contributed by atoms with Gasteiger partial charge in [-0.15, -0.1) is 0 Å². The summed E-state index contributed by atoms with van der Waals surface area (Å²) in [4.78, 5) is 0. The summed E-state index contributed by atoms with van der Waals surface area (Å²) in [6.07, 6.45) is 0. The van der Waals surface area contributed by atoms with Crippen molar-refractivity contribution in [1.82, 2.24) is 4.57 Å². The van der Waals surface area contributed by atoms with Crippen molar-refractivity contribution in [3.63, 3.8) is 0 Å². The first-order valence-corrected chi connectivity index (χ1v) is 9.59. The molecule has 0 spiro atoms. The van der Waals surface area contributed by atoms with Crippen LogP contribution in [0.5, 0.6) is 0 Å². The monoisotopic (exact) mass is 299 g/mol. The molecular weight excluding hydrogens is 270 g/mol. The van der Waals surface area contributed by atoms with Gasteiger partial charge in [-0.3, -0.25) is 0 Å². The van der Waals surface area contributed by atoms with Crippen LogP contribution in [0.3, 0.4) is 0 Å². The minimum atomic E-state index is -0.846. The molecule has 102 valence electrons. The van der Waals surface area contributed by atoms with E-state index in [-0.39, 0.29) is 27.3 Å². The molecule has 1 aliphatic carbocycles. The van der Waals surface area contributed by atoms with Crippen molar-refractivity contribution < 1.29 is 21.7 Å². The van der Waals surface area contributed by atoms with Crippen molar-refractivity contribution in [3.05, 3.63) is 22.4 Å². The molecule has 1 rings (SSSR count). The van der Waals surface area contributed by atoms with E-state index in [1.54, 1.807) is 11.3 Å². The van der Waals surface area contributed by atoms with Crippen LogP contribution in [0.2, 0.25) is 13.1 Å². The molecule has 0 saturated carbocycles. The molecule has 18 heavy (non-hydrogen) atoms. The fraction of sp³-hybridized carbons (Fsp3) is 0.733. The largest absolute Gasteiger partial charge is 0.399 e. The minimum Gasteiger partial charge on any atom is -0.399 e. The maximum Gasteiger partial charge on any atom is 0.134 e. The maximum atomic E-state index is 2.73. The average Bonchev–Trinajstić information content (AvgIpc) is 2.33. The van der Waals surface area contributed by atoms with Crippen molar-refractivity contribution in [2.24, 2.45) is 5.92 Å². The SMILES string of the molecule is CC1=C(C)C(C)C(N([SiH](C)C)C(C)(C)C)=C1C.[Ti]. The molecule has 0 aliphatic heterocycles. The van der Waals surface area contributed by atoms with Crippen LogP contribution in [0, 0.1) is 5.92 Å². The van der Waals surface area contributed by atoms with Gasteiger partial charge in [-0.1, -0.05) is 25.6 Å². The molecule has 0 aromatic heterocycles. The predicted octanol–water partition coefficient (Wildman–Crippen LogP) is 4.33. The van der Waals surface area contributed by atoms with Crippen LogP contribution in [-0.2, 0) is 21.7 Å². The van der Waals surface area contributed by atoms with Crippen molar-refractivity contribution in [3.8, 4) is 0 Å². The summed E-state index contributed by atoms with van der Waals surface area (Å²) in [6.45, 7) is 21.1. The van der Waals surface area contributed by atoms with Gasteiger partial charge in [-0.25, -0.2) is 0 Å². The molecule has 1 aliphatic rings. The number of hydrogen-bond acceptors (Lipinski definition) is 1. The summed E-state index contributed by atoms with van der Waals surface area (Å²) in [5, 5.41) is 0. The van der Waals surface area contributed by atoms with Crippen molar-refractivity contribution in [2.45, 2.75) is 67.1 Å². The van der Waals surface area contributed by atoms with Crippen molar-refractivity contribution in [2.75, 3.05) is 0 Å². The fourth-order valence-corrected chi connectivity index (χ4v) is 5.67. The summed E-state index contributed by atoms with van der Waals surface area (Å²) < 4.78 is 2.73. The normalized spacial score (nSPS) is 20.7. The van der Waals surface area contributed by atoms with Gasteiger partial charge in [-0.2, -0.15) is 0 Å². The van der Waals surface area contributed by atoms with E-state index in [0.29, 0.717) is 5.92 Å². The molecule has 0 bridgehead atoms. The Morgan fingerprint density at radius 1 is 1.00 bits per heavy atom. The molecule has 0 fully saturated rings. The van der Waals surface area contributed by atoms with Crippen LogP contribution in [0.25, 0.3) is 0 Å². The Balaban J connectivity index is 0.00000289. The summed E-state index contributed by atoms with van der Waals surface area (Å²) in [6, 6.07) is 0. The van der Waals surface area contributed by atoms with Gasteiger partial charge >= 0.3 is 0 Å². The second kappa shape index (κ2) is 6.11. The Morgan fingerprint density at radius 3 is 1.67 bits per heavy atom. The standard InChI is InChI=1S/C15H29NSi.Ti/c1-10-11(2)13(4)14(12(10)3)16(17(8)9)15(5,6)7;/h12,17H,1-9H3;. The van der Waals surface area contributed by atoms with E-state index in [0.717, 1.165) is 0 Å². The quantitative estimate of drug-likeness (QED) is 0.686. The van der Waals surface area contributed by atoms with E-state index < -0.39 is 8.96 Å². The van der Waals surface area contributed by atoms with Crippen LogP contribution in [0.4, 0.5) is 0 Å². The van der Waals surface area contributed by atoms with Gasteiger partial charge in [-0.05, 0) is 52.7 Å². The Morgan fingerprint density at radius 2 is 1.44 bits per heavy atom. The molecule has 0 aromatic carbocycles. The molecule has 3 heteroatoms. The van der Waals surface area contributed by atoms with Gasteiger partial charge in [0.15, 0.2) is 0 Å². The molecule has 0 saturated heterocycles. The van der Waals surface area contributed by atoms with Crippen molar-refractivity contribution >= 4 is 8.96 Å². The maximum absolute atomic E-state index is 2.73. The van der Waals surface area contributed by atoms with Crippen LogP contribution < -0.4 is 0 Å². The van der Waals surface area contributed by atoms with E-state index in [1.807, 2.05) is 0 Å². The van der Waals surface area contributed by atoms with E-state index >= 15 is 0 Å². The van der Waals surface area contributed by atoms with Gasteiger partial charge < -0.3 is 4.57 Å².